The zero-order valence-corrected chi connectivity index (χ0v) is 6.98. The topological polar surface area (TPSA) is 0 Å². The summed E-state index contributed by atoms with van der Waals surface area (Å²) in [6, 6.07) is 10.3. The van der Waals surface area contributed by atoms with Crippen molar-refractivity contribution < 1.29 is 0 Å². The van der Waals surface area contributed by atoms with Crippen molar-refractivity contribution >= 4 is 15.3 Å². The number of allylic oxidation sites excluding steroid dienone is 1. The molecule has 1 aromatic carbocycles. The van der Waals surface area contributed by atoms with Gasteiger partial charge in [-0.1, -0.05) is 42.5 Å². The summed E-state index contributed by atoms with van der Waals surface area (Å²) in [4.78, 5) is 0. The van der Waals surface area contributed by atoms with E-state index in [1.807, 2.05) is 18.2 Å². The molecule has 1 atom stereocenters. The Balaban J connectivity index is 2.67. The van der Waals surface area contributed by atoms with E-state index in [9.17, 15) is 0 Å². The third-order valence-corrected chi connectivity index (χ3v) is 1.52. The van der Waals surface area contributed by atoms with Crippen LogP contribution in [-0.4, -0.2) is 6.16 Å². The van der Waals surface area contributed by atoms with Gasteiger partial charge in [0.25, 0.3) is 0 Å². The van der Waals surface area contributed by atoms with Crippen LogP contribution in [0.2, 0.25) is 0 Å². The third-order valence-electron chi connectivity index (χ3n) is 1.25. The SMILES string of the molecule is PCC=Cc1ccccc1. The zero-order valence-electron chi connectivity index (χ0n) is 5.83. The Labute approximate surface area is 64.2 Å². The molecule has 1 unspecified atom stereocenters. The van der Waals surface area contributed by atoms with Crippen LogP contribution in [-0.2, 0) is 0 Å². The van der Waals surface area contributed by atoms with Gasteiger partial charge in [0.15, 0.2) is 0 Å². The van der Waals surface area contributed by atoms with Gasteiger partial charge in [-0.05, 0) is 11.7 Å². The van der Waals surface area contributed by atoms with Crippen LogP contribution in [0.15, 0.2) is 36.4 Å². The van der Waals surface area contributed by atoms with Crippen LogP contribution >= 0.6 is 9.24 Å². The fraction of sp³-hybridized carbons (Fsp3) is 0.111. The molecule has 0 N–H and O–H groups in total. The lowest BCUT2D eigenvalue weighted by Gasteiger charge is -1.88. The molecule has 0 radical (unpaired) electrons. The van der Waals surface area contributed by atoms with E-state index in [0.717, 1.165) is 6.16 Å². The molecule has 0 aromatic heterocycles. The molecule has 0 aliphatic heterocycles. The molecule has 0 aliphatic rings. The molecule has 0 aliphatic carbocycles. The molecule has 0 fully saturated rings. The van der Waals surface area contributed by atoms with Gasteiger partial charge in [0, 0.05) is 0 Å². The van der Waals surface area contributed by atoms with Crippen molar-refractivity contribution in [1.29, 1.82) is 0 Å². The van der Waals surface area contributed by atoms with Crippen LogP contribution in [0.1, 0.15) is 5.56 Å². The normalized spacial score (nSPS) is 10.5. The maximum Gasteiger partial charge on any atom is -0.0197 e. The van der Waals surface area contributed by atoms with Crippen LogP contribution in [0.25, 0.3) is 6.08 Å². The Morgan fingerprint density at radius 1 is 1.20 bits per heavy atom. The van der Waals surface area contributed by atoms with Crippen LogP contribution < -0.4 is 0 Å². The van der Waals surface area contributed by atoms with E-state index in [-0.39, 0.29) is 0 Å². The molecule has 10 heavy (non-hydrogen) atoms. The highest BCUT2D eigenvalue weighted by Crippen LogP contribution is 2.00. The highest BCUT2D eigenvalue weighted by molar-refractivity contribution is 7.16. The van der Waals surface area contributed by atoms with Gasteiger partial charge < -0.3 is 0 Å². The van der Waals surface area contributed by atoms with Gasteiger partial charge in [0.05, 0.1) is 0 Å². The summed E-state index contributed by atoms with van der Waals surface area (Å²) in [6.07, 6.45) is 5.27. The summed E-state index contributed by atoms with van der Waals surface area (Å²) in [6.45, 7) is 0. The number of rotatable bonds is 2. The van der Waals surface area contributed by atoms with Crippen LogP contribution in [0.4, 0.5) is 0 Å². The molecular formula is C9H11P. The number of hydrogen-bond donors (Lipinski definition) is 0. The van der Waals surface area contributed by atoms with Crippen molar-refractivity contribution in [1.82, 2.24) is 0 Å². The van der Waals surface area contributed by atoms with E-state index in [1.54, 1.807) is 0 Å². The molecule has 0 bridgehead atoms. The number of hydrogen-bond acceptors (Lipinski definition) is 0. The maximum absolute atomic E-state index is 2.66. The second-order valence-electron chi connectivity index (χ2n) is 2.05. The first-order valence-corrected chi connectivity index (χ1v) is 4.17. The molecule has 0 heterocycles. The lowest BCUT2D eigenvalue weighted by Crippen LogP contribution is -1.67. The van der Waals surface area contributed by atoms with Crippen molar-refractivity contribution in [3.05, 3.63) is 42.0 Å². The summed E-state index contributed by atoms with van der Waals surface area (Å²) in [5, 5.41) is 0. The Bertz CT molecular complexity index is 201. The molecule has 1 rings (SSSR count). The van der Waals surface area contributed by atoms with E-state index in [2.05, 4.69) is 33.5 Å². The van der Waals surface area contributed by atoms with Crippen LogP contribution in [0.3, 0.4) is 0 Å². The van der Waals surface area contributed by atoms with Gasteiger partial charge in [-0.15, -0.1) is 9.24 Å². The van der Waals surface area contributed by atoms with Gasteiger partial charge in [0.2, 0.25) is 0 Å². The minimum Gasteiger partial charge on any atom is -0.134 e. The summed E-state index contributed by atoms with van der Waals surface area (Å²) >= 11 is 0. The first-order chi connectivity index (χ1) is 4.93. The monoisotopic (exact) mass is 150 g/mol. The quantitative estimate of drug-likeness (QED) is 0.568. The van der Waals surface area contributed by atoms with E-state index in [1.165, 1.54) is 5.56 Å². The Kier molecular flexibility index (Phi) is 3.18. The van der Waals surface area contributed by atoms with E-state index >= 15 is 0 Å². The van der Waals surface area contributed by atoms with Gasteiger partial charge >= 0.3 is 0 Å². The van der Waals surface area contributed by atoms with Gasteiger partial charge in [-0.25, -0.2) is 0 Å². The molecule has 0 nitrogen and oxygen atoms in total. The van der Waals surface area contributed by atoms with Crippen LogP contribution in [0, 0.1) is 0 Å². The van der Waals surface area contributed by atoms with Gasteiger partial charge in [-0.3, -0.25) is 0 Å². The highest BCUT2D eigenvalue weighted by Gasteiger charge is 1.79. The Morgan fingerprint density at radius 2 is 1.90 bits per heavy atom. The average Bonchev–Trinajstić information content (AvgIpc) is 2.03. The smallest absolute Gasteiger partial charge is 0.0197 e. The van der Waals surface area contributed by atoms with Gasteiger partial charge in [0.1, 0.15) is 0 Å². The van der Waals surface area contributed by atoms with Crippen molar-refractivity contribution in [3.8, 4) is 0 Å². The minimum absolute atomic E-state index is 1.02. The van der Waals surface area contributed by atoms with Crippen molar-refractivity contribution in [2.24, 2.45) is 0 Å². The summed E-state index contributed by atoms with van der Waals surface area (Å²) in [7, 11) is 2.66. The van der Waals surface area contributed by atoms with Crippen molar-refractivity contribution in [2.75, 3.05) is 6.16 Å². The summed E-state index contributed by atoms with van der Waals surface area (Å²) in [5.41, 5.74) is 1.27. The summed E-state index contributed by atoms with van der Waals surface area (Å²) in [5.74, 6) is 0. The predicted octanol–water partition coefficient (Wildman–Crippen LogP) is 2.57. The Hall–Kier alpha value is -0.610. The predicted molar refractivity (Wildman–Crippen MR) is 50.1 cm³/mol. The zero-order chi connectivity index (χ0) is 7.23. The van der Waals surface area contributed by atoms with Crippen molar-refractivity contribution in [3.63, 3.8) is 0 Å². The van der Waals surface area contributed by atoms with E-state index in [4.69, 9.17) is 0 Å². The van der Waals surface area contributed by atoms with Gasteiger partial charge in [-0.2, -0.15) is 0 Å². The fourth-order valence-electron chi connectivity index (χ4n) is 0.768. The average molecular weight is 150 g/mol. The first kappa shape index (κ1) is 7.50. The maximum atomic E-state index is 2.66. The molecular weight excluding hydrogens is 139 g/mol. The second kappa shape index (κ2) is 4.24. The lowest BCUT2D eigenvalue weighted by atomic mass is 10.2. The molecule has 1 heteroatoms. The van der Waals surface area contributed by atoms with Crippen LogP contribution in [0.5, 0.6) is 0 Å². The summed E-state index contributed by atoms with van der Waals surface area (Å²) < 4.78 is 0. The van der Waals surface area contributed by atoms with E-state index < -0.39 is 0 Å². The second-order valence-corrected chi connectivity index (χ2v) is 2.52. The number of benzene rings is 1. The molecule has 0 saturated carbocycles. The molecule has 1 aromatic rings. The van der Waals surface area contributed by atoms with Crippen molar-refractivity contribution in [2.45, 2.75) is 0 Å². The fourth-order valence-corrected chi connectivity index (χ4v) is 0.904. The molecule has 0 amide bonds. The first-order valence-electron chi connectivity index (χ1n) is 3.35. The van der Waals surface area contributed by atoms with E-state index in [0.29, 0.717) is 0 Å². The Morgan fingerprint density at radius 3 is 2.50 bits per heavy atom. The molecule has 0 saturated heterocycles. The third kappa shape index (κ3) is 2.33. The largest absolute Gasteiger partial charge is 0.134 e. The lowest BCUT2D eigenvalue weighted by molar-refractivity contribution is 1.65. The molecule has 0 spiro atoms. The molecule has 52 valence electrons. The highest BCUT2D eigenvalue weighted by atomic mass is 31.0. The standard InChI is InChI=1S/C9H11P/c10-8-4-7-9-5-2-1-3-6-9/h1-7H,8,10H2. The minimum atomic E-state index is 1.02.